The second kappa shape index (κ2) is 38.8. The quantitative estimate of drug-likeness (QED) is 0.368. The Balaban J connectivity index is -0.0000000400. The van der Waals surface area contributed by atoms with Crippen molar-refractivity contribution in [2.75, 3.05) is 6.61 Å². The van der Waals surface area contributed by atoms with Crippen molar-refractivity contribution in [3.05, 3.63) is 0 Å². The van der Waals surface area contributed by atoms with Crippen LogP contribution in [0.5, 0.6) is 0 Å². The zero-order chi connectivity index (χ0) is 5.41. The Morgan fingerprint density at radius 1 is 1.71 bits per heavy atom. The number of aliphatic hydroxyl groups is 1. The first-order chi connectivity index (χ1) is 2.83. The van der Waals surface area contributed by atoms with Crippen LogP contribution in [0.25, 0.3) is 0 Å². The van der Waals surface area contributed by atoms with Crippen LogP contribution in [0.1, 0.15) is 6.92 Å². The number of hydrogen-bond acceptors (Lipinski definition) is 2. The van der Waals surface area contributed by atoms with Crippen LogP contribution >= 0.6 is 0 Å². The molecule has 0 fully saturated rings. The smallest absolute Gasteiger partial charge is 0.290 e. The van der Waals surface area contributed by atoms with Gasteiger partial charge in [-0.2, -0.15) is 0 Å². The van der Waals surface area contributed by atoms with Crippen molar-refractivity contribution in [1.82, 2.24) is 0 Å². The van der Waals surface area contributed by atoms with Gasteiger partial charge in [0, 0.05) is 23.1 Å². The van der Waals surface area contributed by atoms with Crippen LogP contribution in [0.3, 0.4) is 0 Å². The molecule has 0 aliphatic rings. The summed E-state index contributed by atoms with van der Waals surface area (Å²) in [6.07, 6.45) is 0. The summed E-state index contributed by atoms with van der Waals surface area (Å²) in [7, 11) is 0. The summed E-state index contributed by atoms with van der Waals surface area (Å²) in [5, 5.41) is 14.5. The van der Waals surface area contributed by atoms with Crippen LogP contribution in [-0.4, -0.2) is 23.3 Å². The summed E-state index contributed by atoms with van der Waals surface area (Å²) in [5.41, 5.74) is 0. The van der Waals surface area contributed by atoms with E-state index in [1.165, 1.54) is 0 Å². The van der Waals surface area contributed by atoms with Crippen molar-refractivity contribution in [1.29, 1.82) is 0 Å². The van der Waals surface area contributed by atoms with E-state index < -0.39 is 0 Å². The van der Waals surface area contributed by atoms with Gasteiger partial charge in [-0.15, -0.1) is 0 Å². The van der Waals surface area contributed by atoms with Gasteiger partial charge in [-0.1, -0.05) is 0 Å². The summed E-state index contributed by atoms with van der Waals surface area (Å²) in [6, 6.07) is 0. The van der Waals surface area contributed by atoms with Gasteiger partial charge in [0.1, 0.15) is 0 Å². The van der Waals surface area contributed by atoms with Crippen molar-refractivity contribution >= 4 is 6.47 Å². The number of hydrogen-bond donors (Lipinski definition) is 2. The molecule has 0 aliphatic heterocycles. The van der Waals surface area contributed by atoms with E-state index in [4.69, 9.17) is 15.0 Å². The summed E-state index contributed by atoms with van der Waals surface area (Å²) in [6.45, 7) is 1.68. The molecule has 0 aromatic heterocycles. The van der Waals surface area contributed by atoms with Gasteiger partial charge in [0.2, 0.25) is 0 Å². The molecular weight excluding hydrogens is 143 g/mol. The van der Waals surface area contributed by atoms with E-state index in [0.717, 1.165) is 0 Å². The molecule has 0 amide bonds. The van der Waals surface area contributed by atoms with Gasteiger partial charge in [-0.05, 0) is 6.92 Å². The first kappa shape index (κ1) is 15.8. The van der Waals surface area contributed by atoms with Crippen LogP contribution in [0.15, 0.2) is 0 Å². The van der Waals surface area contributed by atoms with Gasteiger partial charge in [-0.25, -0.2) is 0 Å². The Kier molecular flexibility index (Phi) is 87.5. The van der Waals surface area contributed by atoms with E-state index in [1.54, 1.807) is 6.92 Å². The normalized spacial score (nSPS) is 4.29. The van der Waals surface area contributed by atoms with Crippen LogP contribution < -0.4 is 0 Å². The monoisotopic (exact) mass is 150 g/mol. The van der Waals surface area contributed by atoms with Gasteiger partial charge in [-0.3, -0.25) is 4.79 Å². The van der Waals surface area contributed by atoms with Gasteiger partial charge in [0.05, 0.1) is 0 Å². The third kappa shape index (κ3) is 15600. The molecule has 3 nitrogen and oxygen atoms in total. The Labute approximate surface area is 52.3 Å². The zero-order valence-electron chi connectivity index (χ0n) is 3.90. The second-order valence-corrected chi connectivity index (χ2v) is 0.422. The molecule has 0 heterocycles. The largest absolute Gasteiger partial charge is 0.483 e. The molecule has 0 saturated carbocycles. The van der Waals surface area contributed by atoms with E-state index in [0.29, 0.717) is 0 Å². The zero-order valence-corrected chi connectivity index (χ0v) is 4.89. The Morgan fingerprint density at radius 3 is 1.71 bits per heavy atom. The molecule has 0 rings (SSSR count). The minimum atomic E-state index is -0.250. The third-order valence-corrected chi connectivity index (χ3v) is 0. The average molecular weight is 151 g/mol. The summed E-state index contributed by atoms with van der Waals surface area (Å²) in [5.74, 6) is 0. The minimum absolute atomic E-state index is 0. The van der Waals surface area contributed by atoms with Gasteiger partial charge in [0.25, 0.3) is 6.47 Å². The molecule has 0 radical (unpaired) electrons. The van der Waals surface area contributed by atoms with E-state index in [-0.39, 0.29) is 29.6 Å². The molecule has 0 aromatic rings. The second-order valence-electron chi connectivity index (χ2n) is 0.422. The van der Waals surface area contributed by atoms with Crippen molar-refractivity contribution in [2.45, 2.75) is 6.92 Å². The van der Waals surface area contributed by atoms with Crippen LogP contribution in [-0.2, 0) is 21.3 Å². The summed E-state index contributed by atoms with van der Waals surface area (Å²) >= 11 is 0. The predicted octanol–water partition coefficient (Wildman–Crippen LogP) is -0.303. The standard InChI is InChI=1S/C2H6O.CH2O2.Ni/c1-2-3;2-1-3;/h3H,2H2,1H3;1H,(H,2,3);. The maximum Gasteiger partial charge on any atom is 0.290 e. The van der Waals surface area contributed by atoms with Gasteiger partial charge in [0.15, 0.2) is 0 Å². The number of carboxylic acid groups (broad SMARTS) is 1. The van der Waals surface area contributed by atoms with Crippen molar-refractivity contribution in [3.8, 4) is 0 Å². The molecule has 4 heteroatoms. The maximum absolute atomic E-state index is 8.36. The first-order valence-corrected chi connectivity index (χ1v) is 1.52. The van der Waals surface area contributed by atoms with Gasteiger partial charge >= 0.3 is 0 Å². The summed E-state index contributed by atoms with van der Waals surface area (Å²) < 4.78 is 0. The Morgan fingerprint density at radius 2 is 1.71 bits per heavy atom. The van der Waals surface area contributed by atoms with E-state index in [1.807, 2.05) is 0 Å². The Bertz CT molecular complexity index is 24.1. The number of aliphatic hydroxyl groups excluding tert-OH is 1. The summed E-state index contributed by atoms with van der Waals surface area (Å²) in [4.78, 5) is 8.36. The van der Waals surface area contributed by atoms with Gasteiger partial charge < -0.3 is 10.2 Å². The molecule has 0 bridgehead atoms. The number of rotatable bonds is 0. The molecule has 0 spiro atoms. The number of carbonyl (C=O) groups is 1. The van der Waals surface area contributed by atoms with Crippen LogP contribution in [0.4, 0.5) is 0 Å². The first-order valence-electron chi connectivity index (χ1n) is 1.52. The van der Waals surface area contributed by atoms with E-state index >= 15 is 0 Å². The minimum Gasteiger partial charge on any atom is -0.483 e. The fourth-order valence-electron chi connectivity index (χ4n) is 0. The average Bonchev–Trinajstić information content (AvgIpc) is 1.39. The van der Waals surface area contributed by atoms with Crippen molar-refractivity contribution in [2.24, 2.45) is 0 Å². The molecule has 0 unspecified atom stereocenters. The molecule has 0 saturated heterocycles. The molecule has 0 aromatic carbocycles. The van der Waals surface area contributed by atoms with E-state index in [2.05, 4.69) is 0 Å². The molecule has 2 N–H and O–H groups in total. The van der Waals surface area contributed by atoms with Crippen LogP contribution in [0.2, 0.25) is 0 Å². The predicted molar refractivity (Wildman–Crippen MR) is 21.5 cm³/mol. The molecular formula is C3H8NiO3. The maximum atomic E-state index is 8.36. The third-order valence-electron chi connectivity index (χ3n) is 0. The SMILES string of the molecule is CCO.O=CO.[Ni]. The van der Waals surface area contributed by atoms with Crippen molar-refractivity contribution in [3.63, 3.8) is 0 Å². The fraction of sp³-hybridized carbons (Fsp3) is 0.667. The van der Waals surface area contributed by atoms with E-state index in [9.17, 15) is 0 Å². The molecule has 7 heavy (non-hydrogen) atoms. The van der Waals surface area contributed by atoms with Crippen molar-refractivity contribution < 1.29 is 31.5 Å². The molecule has 0 aliphatic carbocycles. The fourth-order valence-corrected chi connectivity index (χ4v) is 0. The molecule has 48 valence electrons. The van der Waals surface area contributed by atoms with Crippen LogP contribution in [0, 0.1) is 0 Å². The topological polar surface area (TPSA) is 57.5 Å². The Hall–Kier alpha value is -0.0765. The molecule has 0 atom stereocenters.